The highest BCUT2D eigenvalue weighted by Crippen LogP contribution is 2.42. The predicted octanol–water partition coefficient (Wildman–Crippen LogP) is 3.00. The van der Waals surface area contributed by atoms with E-state index in [1.807, 2.05) is 65.6 Å². The third-order valence-electron chi connectivity index (χ3n) is 4.40. The van der Waals surface area contributed by atoms with E-state index in [1.54, 1.807) is 0 Å². The molecule has 0 aliphatic carbocycles. The van der Waals surface area contributed by atoms with Crippen LogP contribution in [0.1, 0.15) is 27.7 Å². The Morgan fingerprint density at radius 1 is 1.04 bits per heavy atom. The molecule has 0 saturated carbocycles. The molecule has 2 aromatic carbocycles. The van der Waals surface area contributed by atoms with Crippen molar-refractivity contribution in [2.75, 3.05) is 13.1 Å². The van der Waals surface area contributed by atoms with Gasteiger partial charge in [0, 0.05) is 24.2 Å². The first-order chi connectivity index (χ1) is 11.8. The minimum Gasteiger partial charge on any atom is -0.329 e. The van der Waals surface area contributed by atoms with Gasteiger partial charge in [0.15, 0.2) is 0 Å². The Morgan fingerprint density at radius 2 is 1.68 bits per heavy atom. The third-order valence-corrected chi connectivity index (χ3v) is 4.40. The molecular formula is C19H19ClN4O. The summed E-state index contributed by atoms with van der Waals surface area (Å²) < 4.78 is 0. The number of carbonyl (C=O) groups is 1. The first-order valence-electron chi connectivity index (χ1n) is 8.01. The number of nitrogens with two attached hydrogens (primary N) is 1. The SMILES string of the molecule is Cl.NCCN1C(=O)c2[nH]nc(-c3ccccc3)c2C1c1ccccc1. The lowest BCUT2D eigenvalue weighted by atomic mass is 9.96. The number of hydrogen-bond acceptors (Lipinski definition) is 3. The van der Waals surface area contributed by atoms with Crippen LogP contribution < -0.4 is 5.73 Å². The number of halogens is 1. The highest BCUT2D eigenvalue weighted by Gasteiger charge is 2.41. The van der Waals surface area contributed by atoms with E-state index < -0.39 is 0 Å². The smallest absolute Gasteiger partial charge is 0.273 e. The molecule has 5 nitrogen and oxygen atoms in total. The minimum absolute atomic E-state index is 0. The van der Waals surface area contributed by atoms with Crippen LogP contribution in [0.25, 0.3) is 11.3 Å². The Hall–Kier alpha value is -2.63. The van der Waals surface area contributed by atoms with E-state index in [0.717, 1.165) is 22.4 Å². The van der Waals surface area contributed by atoms with E-state index in [2.05, 4.69) is 10.2 Å². The number of fused-ring (bicyclic) bond motifs is 1. The number of amides is 1. The maximum absolute atomic E-state index is 12.8. The quantitative estimate of drug-likeness (QED) is 0.756. The second kappa shape index (κ2) is 7.09. The van der Waals surface area contributed by atoms with E-state index in [1.165, 1.54) is 0 Å². The van der Waals surface area contributed by atoms with E-state index >= 15 is 0 Å². The van der Waals surface area contributed by atoms with Crippen LogP contribution in [0.15, 0.2) is 60.7 Å². The van der Waals surface area contributed by atoms with Crippen molar-refractivity contribution in [1.82, 2.24) is 15.1 Å². The van der Waals surface area contributed by atoms with Gasteiger partial charge in [0.2, 0.25) is 0 Å². The van der Waals surface area contributed by atoms with Crippen LogP contribution in [-0.2, 0) is 0 Å². The van der Waals surface area contributed by atoms with Gasteiger partial charge in [-0.15, -0.1) is 12.4 Å². The summed E-state index contributed by atoms with van der Waals surface area (Å²) in [4.78, 5) is 14.6. The van der Waals surface area contributed by atoms with Gasteiger partial charge < -0.3 is 10.6 Å². The Bertz CT molecular complexity index is 864. The number of benzene rings is 2. The van der Waals surface area contributed by atoms with E-state index in [-0.39, 0.29) is 24.4 Å². The summed E-state index contributed by atoms with van der Waals surface area (Å²) in [5, 5.41) is 7.37. The molecule has 1 aliphatic heterocycles. The predicted molar refractivity (Wildman–Crippen MR) is 99.6 cm³/mol. The summed E-state index contributed by atoms with van der Waals surface area (Å²) in [6.07, 6.45) is 0. The molecule has 25 heavy (non-hydrogen) atoms. The van der Waals surface area contributed by atoms with Crippen LogP contribution in [-0.4, -0.2) is 34.1 Å². The molecule has 128 valence electrons. The topological polar surface area (TPSA) is 75.0 Å². The van der Waals surface area contributed by atoms with Crippen LogP contribution in [0.5, 0.6) is 0 Å². The average molecular weight is 355 g/mol. The summed E-state index contributed by atoms with van der Waals surface area (Å²) in [6.45, 7) is 0.933. The van der Waals surface area contributed by atoms with Gasteiger partial charge in [-0.1, -0.05) is 60.7 Å². The molecule has 0 radical (unpaired) electrons. The lowest BCUT2D eigenvalue weighted by molar-refractivity contribution is 0.0749. The number of aromatic nitrogens is 2. The number of aromatic amines is 1. The Kier molecular flexibility index (Phi) is 4.88. The molecule has 1 amide bonds. The van der Waals surface area contributed by atoms with Crippen molar-refractivity contribution < 1.29 is 4.79 Å². The van der Waals surface area contributed by atoms with Crippen molar-refractivity contribution in [3.8, 4) is 11.3 Å². The van der Waals surface area contributed by atoms with Gasteiger partial charge in [0.25, 0.3) is 5.91 Å². The number of carbonyl (C=O) groups excluding carboxylic acids is 1. The Labute approximate surface area is 152 Å². The number of rotatable bonds is 4. The fraction of sp³-hybridized carbons (Fsp3) is 0.158. The fourth-order valence-electron chi connectivity index (χ4n) is 3.36. The Morgan fingerprint density at radius 3 is 2.32 bits per heavy atom. The van der Waals surface area contributed by atoms with Gasteiger partial charge in [-0.05, 0) is 5.56 Å². The van der Waals surface area contributed by atoms with E-state index in [9.17, 15) is 4.79 Å². The fourth-order valence-corrected chi connectivity index (χ4v) is 3.36. The van der Waals surface area contributed by atoms with Gasteiger partial charge in [-0.2, -0.15) is 5.10 Å². The van der Waals surface area contributed by atoms with Crippen LogP contribution in [0.2, 0.25) is 0 Å². The summed E-state index contributed by atoms with van der Waals surface area (Å²) in [7, 11) is 0. The first-order valence-corrected chi connectivity index (χ1v) is 8.01. The van der Waals surface area contributed by atoms with Gasteiger partial charge >= 0.3 is 0 Å². The number of nitrogens with zero attached hydrogens (tertiary/aromatic N) is 2. The van der Waals surface area contributed by atoms with E-state index in [4.69, 9.17) is 5.73 Å². The van der Waals surface area contributed by atoms with Crippen molar-refractivity contribution in [1.29, 1.82) is 0 Å². The molecule has 6 heteroatoms. The van der Waals surface area contributed by atoms with Crippen LogP contribution >= 0.6 is 12.4 Å². The van der Waals surface area contributed by atoms with Gasteiger partial charge in [0.1, 0.15) is 5.69 Å². The van der Waals surface area contributed by atoms with Crippen LogP contribution in [0.3, 0.4) is 0 Å². The average Bonchev–Trinajstić information content (AvgIpc) is 3.17. The molecular weight excluding hydrogens is 336 g/mol. The summed E-state index contributed by atoms with van der Waals surface area (Å²) in [5.74, 6) is -0.0426. The normalized spacial score (nSPS) is 15.8. The van der Waals surface area contributed by atoms with Crippen molar-refractivity contribution in [3.63, 3.8) is 0 Å². The largest absolute Gasteiger partial charge is 0.329 e. The molecule has 1 atom stereocenters. The first kappa shape index (κ1) is 17.2. The van der Waals surface area contributed by atoms with Crippen LogP contribution in [0.4, 0.5) is 0 Å². The molecule has 0 fully saturated rings. The monoisotopic (exact) mass is 354 g/mol. The zero-order valence-electron chi connectivity index (χ0n) is 13.6. The summed E-state index contributed by atoms with van der Waals surface area (Å²) in [5.41, 5.74) is 10.1. The second-order valence-corrected chi connectivity index (χ2v) is 5.83. The lowest BCUT2D eigenvalue weighted by Gasteiger charge is -2.25. The molecule has 1 unspecified atom stereocenters. The van der Waals surface area contributed by atoms with Gasteiger partial charge in [-0.3, -0.25) is 9.89 Å². The van der Waals surface area contributed by atoms with Crippen LogP contribution in [0, 0.1) is 0 Å². The molecule has 3 aromatic rings. The Balaban J connectivity index is 0.00000182. The molecule has 2 heterocycles. The van der Waals surface area contributed by atoms with Gasteiger partial charge in [0.05, 0.1) is 11.7 Å². The standard InChI is InChI=1S/C19H18N4O.ClH/c20-11-12-23-18(14-9-5-2-6-10-14)15-16(13-7-3-1-4-8-13)21-22-17(15)19(23)24;/h1-10,18H,11-12,20H2,(H,21,22);1H. The summed E-state index contributed by atoms with van der Waals surface area (Å²) in [6, 6.07) is 19.8. The number of H-pyrrole nitrogens is 1. The molecule has 0 bridgehead atoms. The molecule has 0 saturated heterocycles. The lowest BCUT2D eigenvalue weighted by Crippen LogP contribution is -2.34. The maximum Gasteiger partial charge on any atom is 0.273 e. The number of hydrogen-bond donors (Lipinski definition) is 2. The minimum atomic E-state index is -0.161. The molecule has 1 aliphatic rings. The van der Waals surface area contributed by atoms with Gasteiger partial charge in [-0.25, -0.2) is 0 Å². The summed E-state index contributed by atoms with van der Waals surface area (Å²) >= 11 is 0. The highest BCUT2D eigenvalue weighted by atomic mass is 35.5. The molecule has 1 aromatic heterocycles. The molecule has 4 rings (SSSR count). The zero-order valence-corrected chi connectivity index (χ0v) is 14.4. The molecule has 0 spiro atoms. The van der Waals surface area contributed by atoms with Crippen molar-refractivity contribution >= 4 is 18.3 Å². The van der Waals surface area contributed by atoms with Crippen molar-refractivity contribution in [2.24, 2.45) is 5.73 Å². The van der Waals surface area contributed by atoms with Crippen molar-refractivity contribution in [2.45, 2.75) is 6.04 Å². The molecule has 3 N–H and O–H groups in total. The maximum atomic E-state index is 12.8. The highest BCUT2D eigenvalue weighted by molar-refractivity contribution is 6.00. The number of nitrogens with one attached hydrogen (secondary N) is 1. The van der Waals surface area contributed by atoms with E-state index in [0.29, 0.717) is 18.8 Å². The third kappa shape index (κ3) is 2.81. The second-order valence-electron chi connectivity index (χ2n) is 5.83. The van der Waals surface area contributed by atoms with Crippen molar-refractivity contribution in [3.05, 3.63) is 77.5 Å². The zero-order chi connectivity index (χ0) is 16.5.